The van der Waals surface area contributed by atoms with Gasteiger partial charge in [0.25, 0.3) is 0 Å². The lowest BCUT2D eigenvalue weighted by Gasteiger charge is -2.05. The fourth-order valence-corrected chi connectivity index (χ4v) is 2.45. The van der Waals surface area contributed by atoms with E-state index in [1.54, 1.807) is 23.5 Å². The second kappa shape index (κ2) is 5.75. The van der Waals surface area contributed by atoms with E-state index in [0.29, 0.717) is 24.4 Å². The number of aldehydes is 1. The Kier molecular flexibility index (Phi) is 3.65. The summed E-state index contributed by atoms with van der Waals surface area (Å²) >= 11 is 1.67. The Morgan fingerprint density at radius 1 is 1.10 bits per heavy atom. The fraction of sp³-hybridized carbons (Fsp3) is 0.0625. The molecule has 3 rings (SSSR count). The second-order valence-corrected chi connectivity index (χ2v) is 5.24. The number of thiophene rings is 1. The van der Waals surface area contributed by atoms with Crippen LogP contribution < -0.4 is 4.74 Å². The minimum atomic E-state index is 0.332. The number of carbonyl (C=O) groups is 1. The van der Waals surface area contributed by atoms with Gasteiger partial charge in [-0.25, -0.2) is 0 Å². The van der Waals surface area contributed by atoms with Gasteiger partial charge >= 0.3 is 0 Å². The molecule has 0 radical (unpaired) electrons. The molecular formula is C16H12O3S. The number of furan rings is 1. The van der Waals surface area contributed by atoms with E-state index in [0.717, 1.165) is 11.3 Å². The standard InChI is InChI=1S/C16H12O3S/c17-10-14-7-8-16(19-14)12-3-5-13(6-4-12)18-11-15-2-1-9-20-15/h1-10H,11H2. The van der Waals surface area contributed by atoms with Crippen molar-refractivity contribution < 1.29 is 13.9 Å². The maximum atomic E-state index is 10.6. The van der Waals surface area contributed by atoms with E-state index < -0.39 is 0 Å². The van der Waals surface area contributed by atoms with Gasteiger partial charge in [-0.1, -0.05) is 6.07 Å². The highest BCUT2D eigenvalue weighted by molar-refractivity contribution is 7.09. The average molecular weight is 284 g/mol. The van der Waals surface area contributed by atoms with Crippen molar-refractivity contribution in [1.29, 1.82) is 0 Å². The highest BCUT2D eigenvalue weighted by atomic mass is 32.1. The number of ether oxygens (including phenoxy) is 1. The zero-order chi connectivity index (χ0) is 13.8. The SMILES string of the molecule is O=Cc1ccc(-c2ccc(OCc3cccs3)cc2)o1. The van der Waals surface area contributed by atoms with Crippen molar-refractivity contribution in [3.8, 4) is 17.1 Å². The van der Waals surface area contributed by atoms with E-state index in [9.17, 15) is 4.79 Å². The Labute approximate surface area is 120 Å². The Balaban J connectivity index is 1.69. The van der Waals surface area contributed by atoms with E-state index >= 15 is 0 Å². The first-order valence-corrected chi connectivity index (χ1v) is 7.04. The fourth-order valence-electron chi connectivity index (χ4n) is 1.84. The summed E-state index contributed by atoms with van der Waals surface area (Å²) < 4.78 is 11.1. The average Bonchev–Trinajstić information content (AvgIpc) is 3.17. The van der Waals surface area contributed by atoms with Crippen LogP contribution in [0.2, 0.25) is 0 Å². The summed E-state index contributed by atoms with van der Waals surface area (Å²) in [5.74, 6) is 1.82. The van der Waals surface area contributed by atoms with Gasteiger partial charge < -0.3 is 9.15 Å². The van der Waals surface area contributed by atoms with Crippen LogP contribution in [-0.4, -0.2) is 6.29 Å². The molecule has 100 valence electrons. The van der Waals surface area contributed by atoms with Crippen LogP contribution in [0.3, 0.4) is 0 Å². The predicted octanol–water partition coefficient (Wildman–Crippen LogP) is 4.40. The highest BCUT2D eigenvalue weighted by Gasteiger charge is 2.04. The molecule has 20 heavy (non-hydrogen) atoms. The molecule has 0 aliphatic rings. The van der Waals surface area contributed by atoms with E-state index in [1.807, 2.05) is 41.8 Å². The molecule has 0 amide bonds. The molecule has 0 spiro atoms. The van der Waals surface area contributed by atoms with Gasteiger partial charge in [-0.05, 0) is 47.8 Å². The topological polar surface area (TPSA) is 39.4 Å². The molecule has 0 fully saturated rings. The van der Waals surface area contributed by atoms with Crippen molar-refractivity contribution in [2.75, 3.05) is 0 Å². The van der Waals surface area contributed by atoms with Crippen LogP contribution in [0.25, 0.3) is 11.3 Å². The molecule has 0 saturated heterocycles. The van der Waals surface area contributed by atoms with Crippen LogP contribution in [0, 0.1) is 0 Å². The van der Waals surface area contributed by atoms with Crippen molar-refractivity contribution in [3.63, 3.8) is 0 Å². The molecule has 0 aliphatic heterocycles. The molecule has 0 saturated carbocycles. The van der Waals surface area contributed by atoms with Crippen LogP contribution in [0.15, 0.2) is 58.3 Å². The van der Waals surface area contributed by atoms with Crippen molar-refractivity contribution in [2.24, 2.45) is 0 Å². The van der Waals surface area contributed by atoms with E-state index in [1.165, 1.54) is 4.88 Å². The molecule has 0 atom stereocenters. The van der Waals surface area contributed by atoms with Crippen LogP contribution in [0.4, 0.5) is 0 Å². The van der Waals surface area contributed by atoms with E-state index in [2.05, 4.69) is 0 Å². The summed E-state index contributed by atoms with van der Waals surface area (Å²) in [5.41, 5.74) is 0.918. The number of rotatable bonds is 5. The van der Waals surface area contributed by atoms with Crippen molar-refractivity contribution in [3.05, 3.63) is 64.5 Å². The Bertz CT molecular complexity index is 681. The Hall–Kier alpha value is -2.33. The number of hydrogen-bond acceptors (Lipinski definition) is 4. The van der Waals surface area contributed by atoms with Gasteiger partial charge in [0.2, 0.25) is 0 Å². The summed E-state index contributed by atoms with van der Waals surface area (Å²) in [6, 6.07) is 15.1. The van der Waals surface area contributed by atoms with Crippen LogP contribution in [0.5, 0.6) is 5.75 Å². The first-order valence-electron chi connectivity index (χ1n) is 6.16. The normalized spacial score (nSPS) is 10.4. The molecule has 3 nitrogen and oxygen atoms in total. The van der Waals surface area contributed by atoms with Gasteiger partial charge in [-0.15, -0.1) is 11.3 Å². The van der Waals surface area contributed by atoms with Gasteiger partial charge in [0.1, 0.15) is 18.1 Å². The second-order valence-electron chi connectivity index (χ2n) is 4.21. The molecule has 1 aromatic carbocycles. The maximum absolute atomic E-state index is 10.6. The van der Waals surface area contributed by atoms with Gasteiger partial charge in [0.05, 0.1) is 0 Å². The van der Waals surface area contributed by atoms with Gasteiger partial charge in [-0.2, -0.15) is 0 Å². The zero-order valence-corrected chi connectivity index (χ0v) is 11.4. The smallest absolute Gasteiger partial charge is 0.185 e. The molecule has 2 aromatic heterocycles. The van der Waals surface area contributed by atoms with Crippen LogP contribution in [0.1, 0.15) is 15.4 Å². The highest BCUT2D eigenvalue weighted by Crippen LogP contribution is 2.24. The summed E-state index contributed by atoms with van der Waals surface area (Å²) in [6.07, 6.45) is 0.696. The Morgan fingerprint density at radius 2 is 1.95 bits per heavy atom. The molecule has 3 aromatic rings. The Morgan fingerprint density at radius 3 is 2.60 bits per heavy atom. The summed E-state index contributed by atoms with van der Waals surface area (Å²) in [5, 5.41) is 2.03. The third-order valence-corrected chi connectivity index (χ3v) is 3.69. The lowest BCUT2D eigenvalue weighted by Crippen LogP contribution is -1.92. The molecule has 0 bridgehead atoms. The van der Waals surface area contributed by atoms with Crippen molar-refractivity contribution in [2.45, 2.75) is 6.61 Å². The van der Waals surface area contributed by atoms with Crippen molar-refractivity contribution in [1.82, 2.24) is 0 Å². The predicted molar refractivity (Wildman–Crippen MR) is 78.2 cm³/mol. The third-order valence-electron chi connectivity index (χ3n) is 2.84. The first kappa shape index (κ1) is 12.7. The molecular weight excluding hydrogens is 272 g/mol. The number of benzene rings is 1. The zero-order valence-electron chi connectivity index (χ0n) is 10.6. The molecule has 2 heterocycles. The lowest BCUT2D eigenvalue weighted by molar-refractivity contribution is 0.110. The molecule has 4 heteroatoms. The summed E-state index contributed by atoms with van der Waals surface area (Å²) in [4.78, 5) is 11.8. The molecule has 0 N–H and O–H groups in total. The van der Waals surface area contributed by atoms with Crippen molar-refractivity contribution >= 4 is 17.6 Å². The lowest BCUT2D eigenvalue weighted by atomic mass is 10.2. The summed E-state index contributed by atoms with van der Waals surface area (Å²) in [6.45, 7) is 0.576. The molecule has 0 unspecified atom stereocenters. The quantitative estimate of drug-likeness (QED) is 0.652. The van der Waals surface area contributed by atoms with Gasteiger partial charge in [-0.3, -0.25) is 4.79 Å². The third kappa shape index (κ3) is 2.81. The van der Waals surface area contributed by atoms with Gasteiger partial charge in [0.15, 0.2) is 12.0 Å². The largest absolute Gasteiger partial charge is 0.488 e. The monoisotopic (exact) mass is 284 g/mol. The minimum absolute atomic E-state index is 0.332. The van der Waals surface area contributed by atoms with Gasteiger partial charge in [0, 0.05) is 10.4 Å². The molecule has 0 aliphatic carbocycles. The van der Waals surface area contributed by atoms with Crippen LogP contribution >= 0.6 is 11.3 Å². The maximum Gasteiger partial charge on any atom is 0.185 e. The summed E-state index contributed by atoms with van der Waals surface area (Å²) in [7, 11) is 0. The van der Waals surface area contributed by atoms with E-state index in [-0.39, 0.29) is 0 Å². The van der Waals surface area contributed by atoms with E-state index in [4.69, 9.17) is 9.15 Å². The minimum Gasteiger partial charge on any atom is -0.488 e. The number of hydrogen-bond donors (Lipinski definition) is 0. The number of carbonyl (C=O) groups excluding carboxylic acids is 1. The first-order chi connectivity index (χ1) is 9.85. The van der Waals surface area contributed by atoms with Crippen LogP contribution in [-0.2, 0) is 6.61 Å².